The fraction of sp³-hybridized carbons (Fsp3) is 0. The topological polar surface area (TPSA) is 67.2 Å². The standard InChI is InChI=1S/C8H7ClFN3OS/c9-4-1-2-6(10)5(3-4)7(14)12-13-8(11)15/h1-3H,(H,12,14)(H3,11,13,15). The third kappa shape index (κ3) is 3.34. The molecular formula is C8H7ClFN3OS. The normalized spacial score (nSPS) is 9.47. The maximum atomic E-state index is 13.1. The van der Waals surface area contributed by atoms with Gasteiger partial charge in [0.2, 0.25) is 0 Å². The third-order valence-corrected chi connectivity index (χ3v) is 1.81. The fourth-order valence-corrected chi connectivity index (χ4v) is 1.08. The molecule has 0 saturated carbocycles. The van der Waals surface area contributed by atoms with Gasteiger partial charge in [0.15, 0.2) is 5.11 Å². The summed E-state index contributed by atoms with van der Waals surface area (Å²) in [6.45, 7) is 0. The van der Waals surface area contributed by atoms with Crippen molar-refractivity contribution in [3.8, 4) is 0 Å². The van der Waals surface area contributed by atoms with E-state index in [0.29, 0.717) is 0 Å². The lowest BCUT2D eigenvalue weighted by Crippen LogP contribution is -2.44. The van der Waals surface area contributed by atoms with E-state index >= 15 is 0 Å². The molecule has 7 heteroatoms. The molecule has 0 saturated heterocycles. The van der Waals surface area contributed by atoms with Crippen molar-refractivity contribution in [2.24, 2.45) is 5.73 Å². The summed E-state index contributed by atoms with van der Waals surface area (Å²) in [5.41, 5.74) is 9.19. The minimum absolute atomic E-state index is 0.120. The minimum Gasteiger partial charge on any atom is -0.375 e. The highest BCUT2D eigenvalue weighted by Gasteiger charge is 2.11. The maximum Gasteiger partial charge on any atom is 0.272 e. The Morgan fingerprint density at radius 1 is 1.47 bits per heavy atom. The predicted molar refractivity (Wildman–Crippen MR) is 58.8 cm³/mol. The SMILES string of the molecule is NC(=S)NNC(=O)c1cc(Cl)ccc1F. The first-order valence-electron chi connectivity index (χ1n) is 3.81. The van der Waals surface area contributed by atoms with Crippen molar-refractivity contribution in [1.29, 1.82) is 0 Å². The number of amides is 1. The second-order valence-corrected chi connectivity index (χ2v) is 3.44. The molecule has 0 aliphatic rings. The molecule has 0 fully saturated rings. The molecule has 1 rings (SSSR count). The van der Waals surface area contributed by atoms with Crippen LogP contribution >= 0.6 is 23.8 Å². The van der Waals surface area contributed by atoms with Crippen LogP contribution in [0.4, 0.5) is 4.39 Å². The van der Waals surface area contributed by atoms with E-state index in [1.807, 2.05) is 0 Å². The Morgan fingerprint density at radius 3 is 2.73 bits per heavy atom. The van der Waals surface area contributed by atoms with Gasteiger partial charge in [-0.2, -0.15) is 0 Å². The Bertz CT molecular complexity index is 413. The second kappa shape index (κ2) is 4.90. The summed E-state index contributed by atoms with van der Waals surface area (Å²) in [4.78, 5) is 11.3. The van der Waals surface area contributed by atoms with Crippen molar-refractivity contribution >= 4 is 34.8 Å². The zero-order chi connectivity index (χ0) is 11.4. The summed E-state index contributed by atoms with van der Waals surface area (Å²) in [5, 5.41) is 0.141. The Balaban J connectivity index is 2.81. The van der Waals surface area contributed by atoms with Crippen LogP contribution in [0, 0.1) is 5.82 Å². The number of nitrogens with one attached hydrogen (secondary N) is 2. The lowest BCUT2D eigenvalue weighted by molar-refractivity contribution is 0.0940. The third-order valence-electron chi connectivity index (χ3n) is 1.47. The van der Waals surface area contributed by atoms with Gasteiger partial charge in [-0.15, -0.1) is 0 Å². The number of carbonyl (C=O) groups excluding carboxylic acids is 1. The highest BCUT2D eigenvalue weighted by molar-refractivity contribution is 7.80. The zero-order valence-electron chi connectivity index (χ0n) is 7.38. The molecule has 1 aromatic carbocycles. The first kappa shape index (κ1) is 11.7. The summed E-state index contributed by atoms with van der Waals surface area (Å²) in [7, 11) is 0. The molecule has 1 aromatic rings. The van der Waals surface area contributed by atoms with Crippen LogP contribution in [0.2, 0.25) is 5.02 Å². The molecule has 0 aromatic heterocycles. The maximum absolute atomic E-state index is 13.1. The minimum atomic E-state index is -0.706. The largest absolute Gasteiger partial charge is 0.375 e. The van der Waals surface area contributed by atoms with Crippen molar-refractivity contribution in [2.75, 3.05) is 0 Å². The van der Waals surface area contributed by atoms with Crippen LogP contribution in [0.25, 0.3) is 0 Å². The van der Waals surface area contributed by atoms with Crippen molar-refractivity contribution in [2.45, 2.75) is 0 Å². The van der Waals surface area contributed by atoms with Crippen molar-refractivity contribution in [3.05, 3.63) is 34.6 Å². The number of carbonyl (C=O) groups is 1. The van der Waals surface area contributed by atoms with Gasteiger partial charge < -0.3 is 5.73 Å². The molecule has 0 spiro atoms. The quantitative estimate of drug-likeness (QED) is 0.511. The first-order valence-corrected chi connectivity index (χ1v) is 4.60. The lowest BCUT2D eigenvalue weighted by atomic mass is 10.2. The number of benzene rings is 1. The monoisotopic (exact) mass is 247 g/mol. The van der Waals surface area contributed by atoms with Crippen LogP contribution in [0.5, 0.6) is 0 Å². The van der Waals surface area contributed by atoms with Crippen LogP contribution in [0.1, 0.15) is 10.4 Å². The number of nitrogens with two attached hydrogens (primary N) is 1. The molecule has 4 nitrogen and oxygen atoms in total. The van der Waals surface area contributed by atoms with Crippen molar-refractivity contribution < 1.29 is 9.18 Å². The number of hydrazine groups is 1. The van der Waals surface area contributed by atoms with Gasteiger partial charge in [0, 0.05) is 5.02 Å². The number of rotatable bonds is 1. The molecular weight excluding hydrogens is 241 g/mol. The number of hydrogen-bond donors (Lipinski definition) is 3. The summed E-state index contributed by atoms with van der Waals surface area (Å²) in [6.07, 6.45) is 0. The van der Waals surface area contributed by atoms with Gasteiger partial charge in [-0.05, 0) is 30.4 Å². The van der Waals surface area contributed by atoms with Gasteiger partial charge in [0.25, 0.3) is 5.91 Å². The second-order valence-electron chi connectivity index (χ2n) is 2.57. The Morgan fingerprint density at radius 2 is 2.13 bits per heavy atom. The van der Waals surface area contributed by atoms with Gasteiger partial charge >= 0.3 is 0 Å². The summed E-state index contributed by atoms with van der Waals surface area (Å²) in [6, 6.07) is 3.64. The molecule has 15 heavy (non-hydrogen) atoms. The molecule has 0 bridgehead atoms. The van der Waals surface area contributed by atoms with E-state index < -0.39 is 11.7 Å². The Kier molecular flexibility index (Phi) is 3.81. The van der Waals surface area contributed by atoms with Gasteiger partial charge in [0.05, 0.1) is 5.56 Å². The summed E-state index contributed by atoms with van der Waals surface area (Å²) >= 11 is 10.1. The van der Waals surface area contributed by atoms with Crippen molar-refractivity contribution in [3.63, 3.8) is 0 Å². The molecule has 4 N–H and O–H groups in total. The summed E-state index contributed by atoms with van der Waals surface area (Å²) in [5.74, 6) is -1.38. The van der Waals surface area contributed by atoms with E-state index in [4.69, 9.17) is 17.3 Å². The van der Waals surface area contributed by atoms with Crippen LogP contribution in [0.3, 0.4) is 0 Å². The first-order chi connectivity index (χ1) is 7.00. The number of thiocarbonyl (C=S) groups is 1. The van der Waals surface area contributed by atoms with Gasteiger partial charge in [-0.3, -0.25) is 15.6 Å². The number of halogens is 2. The molecule has 0 aliphatic carbocycles. The molecule has 80 valence electrons. The average Bonchev–Trinajstić information content (AvgIpc) is 2.18. The Hall–Kier alpha value is -1.40. The van der Waals surface area contributed by atoms with E-state index in [1.165, 1.54) is 12.1 Å². The fourth-order valence-electron chi connectivity index (χ4n) is 0.857. The molecule has 1 amide bonds. The van der Waals surface area contributed by atoms with Gasteiger partial charge in [-0.25, -0.2) is 4.39 Å². The molecule has 0 atom stereocenters. The Labute approximate surface area is 95.6 Å². The van der Waals surface area contributed by atoms with Crippen LogP contribution in [-0.2, 0) is 0 Å². The van der Waals surface area contributed by atoms with Crippen LogP contribution in [-0.4, -0.2) is 11.0 Å². The molecule has 0 heterocycles. The molecule has 0 radical (unpaired) electrons. The van der Waals surface area contributed by atoms with E-state index in [1.54, 1.807) is 0 Å². The van der Waals surface area contributed by atoms with E-state index in [9.17, 15) is 9.18 Å². The lowest BCUT2D eigenvalue weighted by Gasteiger charge is -2.07. The van der Waals surface area contributed by atoms with E-state index in [0.717, 1.165) is 6.07 Å². The molecule has 0 aliphatic heterocycles. The average molecular weight is 248 g/mol. The van der Waals surface area contributed by atoms with Crippen LogP contribution in [0.15, 0.2) is 18.2 Å². The molecule has 0 unspecified atom stereocenters. The summed E-state index contributed by atoms with van der Waals surface area (Å²) < 4.78 is 13.1. The predicted octanol–water partition coefficient (Wildman–Crippen LogP) is 0.957. The smallest absolute Gasteiger partial charge is 0.272 e. The van der Waals surface area contributed by atoms with Crippen molar-refractivity contribution in [1.82, 2.24) is 10.9 Å². The van der Waals surface area contributed by atoms with Gasteiger partial charge in [-0.1, -0.05) is 11.6 Å². The highest BCUT2D eigenvalue weighted by Crippen LogP contribution is 2.14. The van der Waals surface area contributed by atoms with E-state index in [2.05, 4.69) is 23.1 Å². The van der Waals surface area contributed by atoms with Gasteiger partial charge in [0.1, 0.15) is 5.82 Å². The van der Waals surface area contributed by atoms with Crippen LogP contribution < -0.4 is 16.6 Å². The highest BCUT2D eigenvalue weighted by atomic mass is 35.5. The number of hydrogen-bond acceptors (Lipinski definition) is 2. The van der Waals surface area contributed by atoms with E-state index in [-0.39, 0.29) is 15.7 Å². The zero-order valence-corrected chi connectivity index (χ0v) is 8.95.